The van der Waals surface area contributed by atoms with Gasteiger partial charge >= 0.3 is 5.97 Å². The van der Waals surface area contributed by atoms with Crippen LogP contribution in [-0.2, 0) is 38.3 Å². The molecular formula is C40H50N6O8S2+2. The molecule has 0 spiro atoms. The summed E-state index contributed by atoms with van der Waals surface area (Å²) in [4.78, 5) is 91.2. The van der Waals surface area contributed by atoms with Gasteiger partial charge in [-0.15, -0.1) is 23.5 Å². The summed E-state index contributed by atoms with van der Waals surface area (Å²) in [6.45, 7) is 5.00. The molecular weight excluding hydrogens is 757 g/mol. The number of hydrogen-bond acceptors (Lipinski definition) is 10. The normalized spacial score (nSPS) is 18.6. The van der Waals surface area contributed by atoms with E-state index in [1.165, 1.54) is 30.4 Å². The Labute approximate surface area is 334 Å². The van der Waals surface area contributed by atoms with Crippen molar-refractivity contribution in [2.75, 3.05) is 41.8 Å². The molecule has 2 aromatic rings. The molecule has 0 bridgehead atoms. The van der Waals surface area contributed by atoms with Gasteiger partial charge in [0, 0.05) is 89.7 Å². The first-order valence-corrected chi connectivity index (χ1v) is 20.9. The largest absolute Gasteiger partial charge is 0.465 e. The van der Waals surface area contributed by atoms with E-state index in [1.54, 1.807) is 12.1 Å². The second-order valence-electron chi connectivity index (χ2n) is 14.3. The molecule has 0 radical (unpaired) electrons. The van der Waals surface area contributed by atoms with Crippen LogP contribution in [0.2, 0.25) is 0 Å². The zero-order chi connectivity index (χ0) is 40.5. The highest BCUT2D eigenvalue weighted by Crippen LogP contribution is 2.47. The molecule has 298 valence electrons. The van der Waals surface area contributed by atoms with Gasteiger partial charge in [0.1, 0.15) is 18.0 Å². The number of imide groups is 2. The fraction of sp³-hybridized carbons (Fsp3) is 0.475. The van der Waals surface area contributed by atoms with Gasteiger partial charge in [-0.1, -0.05) is 12.1 Å². The van der Waals surface area contributed by atoms with Crippen LogP contribution in [0.25, 0.3) is 11.1 Å². The number of amides is 6. The number of rotatable bonds is 20. The number of benzene rings is 2. The first-order valence-electron chi connectivity index (χ1n) is 18.8. The number of thioether (sulfide) groups is 2. The number of hydrogen-bond donors (Lipinski definition) is 4. The molecule has 2 unspecified atom stereocenters. The van der Waals surface area contributed by atoms with Crippen molar-refractivity contribution in [1.29, 1.82) is 0 Å². The summed E-state index contributed by atoms with van der Waals surface area (Å²) in [7, 11) is 0. The molecule has 1 aliphatic carbocycles. The maximum atomic E-state index is 13.0. The van der Waals surface area contributed by atoms with Crippen molar-refractivity contribution in [3.8, 4) is 11.1 Å². The maximum absolute atomic E-state index is 13.0. The van der Waals surface area contributed by atoms with E-state index in [2.05, 4.69) is 10.6 Å². The first-order chi connectivity index (χ1) is 26.7. The van der Waals surface area contributed by atoms with Crippen LogP contribution in [0.15, 0.2) is 36.4 Å². The van der Waals surface area contributed by atoms with Crippen molar-refractivity contribution >= 4 is 87.7 Å². The lowest BCUT2D eigenvalue weighted by Gasteiger charge is -2.17. The molecule has 14 nitrogen and oxygen atoms in total. The smallest absolute Gasteiger partial charge is 0.302 e. The molecule has 0 saturated carbocycles. The molecule has 2 aromatic carbocycles. The van der Waals surface area contributed by atoms with Crippen molar-refractivity contribution < 1.29 is 49.1 Å². The van der Waals surface area contributed by atoms with Crippen LogP contribution in [0.3, 0.4) is 0 Å². The minimum Gasteiger partial charge on any atom is -0.465 e. The third-order valence-corrected chi connectivity index (χ3v) is 12.4. The van der Waals surface area contributed by atoms with Gasteiger partial charge in [0.25, 0.3) is 0 Å². The van der Waals surface area contributed by atoms with E-state index in [0.717, 1.165) is 69.2 Å². The summed E-state index contributed by atoms with van der Waals surface area (Å²) in [5.74, 6) is -1.29. The topological polar surface area (TPSA) is 210 Å². The average molecular weight is 807 g/mol. The molecule has 2 aliphatic heterocycles. The van der Waals surface area contributed by atoms with Crippen molar-refractivity contribution in [3.05, 3.63) is 47.5 Å². The zero-order valence-electron chi connectivity index (χ0n) is 32.0. The number of nitrogens with two attached hydrogens (primary N) is 2. The van der Waals surface area contributed by atoms with E-state index in [9.17, 15) is 33.6 Å². The third kappa shape index (κ3) is 10.9. The maximum Gasteiger partial charge on any atom is 0.302 e. The Morgan fingerprint density at radius 1 is 0.696 bits per heavy atom. The summed E-state index contributed by atoms with van der Waals surface area (Å²) in [6, 6.07) is 10.9. The Morgan fingerprint density at radius 3 is 1.52 bits per heavy atom. The van der Waals surface area contributed by atoms with Gasteiger partial charge in [0.15, 0.2) is 0 Å². The number of carbonyl (C=O) groups excluding carboxylic acids is 7. The molecule has 6 amide bonds. The lowest BCUT2D eigenvalue weighted by Crippen LogP contribution is -2.37. The van der Waals surface area contributed by atoms with Gasteiger partial charge in [-0.05, 0) is 70.9 Å². The van der Waals surface area contributed by atoms with Gasteiger partial charge in [0.05, 0.1) is 10.5 Å². The van der Waals surface area contributed by atoms with E-state index >= 15 is 0 Å². The molecule has 2 heterocycles. The Kier molecular flexibility index (Phi) is 14.6. The molecule has 16 heteroatoms. The highest BCUT2D eigenvalue weighted by molar-refractivity contribution is 8.00. The van der Waals surface area contributed by atoms with Gasteiger partial charge in [-0.25, -0.2) is 0 Å². The Hall–Kier alpha value is -4.83. The summed E-state index contributed by atoms with van der Waals surface area (Å²) < 4.78 is 5.44. The fourth-order valence-corrected chi connectivity index (χ4v) is 9.21. The fourth-order valence-electron chi connectivity index (χ4n) is 6.96. The predicted octanol–water partition coefficient (Wildman–Crippen LogP) is 1.74. The SMILES string of the molecule is CC(=[NH2+])CCCSC1CC(=O)N(CCC(=O)Nc2ccc3c(c2)C(COC(C)=O)c2cc(NC(=O)CCN4C(=O)CC(SCCCC(C)=[NH2+])C4=O)ccc2-3)C1=O. The monoisotopic (exact) mass is 806 g/mol. The lowest BCUT2D eigenvalue weighted by atomic mass is 9.97. The van der Waals surface area contributed by atoms with Crippen LogP contribution >= 0.6 is 23.5 Å². The molecule has 0 aromatic heterocycles. The van der Waals surface area contributed by atoms with Crippen molar-refractivity contribution in [1.82, 2.24) is 9.80 Å². The number of carbonyl (C=O) groups is 7. The Morgan fingerprint density at radius 2 is 1.12 bits per heavy atom. The molecule has 56 heavy (non-hydrogen) atoms. The summed E-state index contributed by atoms with van der Waals surface area (Å²) >= 11 is 2.89. The van der Waals surface area contributed by atoms with Gasteiger partial charge in [-0.3, -0.25) is 54.2 Å². The Balaban J connectivity index is 1.17. The van der Waals surface area contributed by atoms with E-state index in [1.807, 2.05) is 38.1 Å². The molecule has 6 N–H and O–H groups in total. The first kappa shape index (κ1) is 42.3. The van der Waals surface area contributed by atoms with E-state index in [0.29, 0.717) is 22.9 Å². The van der Waals surface area contributed by atoms with Crippen LogP contribution < -0.4 is 21.5 Å². The van der Waals surface area contributed by atoms with Crippen molar-refractivity contribution in [2.45, 2.75) is 88.6 Å². The van der Waals surface area contributed by atoms with Gasteiger partial charge < -0.3 is 15.4 Å². The van der Waals surface area contributed by atoms with Crippen LogP contribution in [0.4, 0.5) is 11.4 Å². The van der Waals surface area contributed by atoms with Gasteiger partial charge in [0.2, 0.25) is 35.4 Å². The molecule has 3 aliphatic rings. The van der Waals surface area contributed by atoms with Crippen molar-refractivity contribution in [2.24, 2.45) is 0 Å². The summed E-state index contributed by atoms with van der Waals surface area (Å²) in [5.41, 5.74) is 6.02. The van der Waals surface area contributed by atoms with E-state index < -0.39 is 22.4 Å². The van der Waals surface area contributed by atoms with Gasteiger partial charge in [-0.2, -0.15) is 0 Å². The number of anilines is 2. The van der Waals surface area contributed by atoms with Crippen molar-refractivity contribution in [3.63, 3.8) is 0 Å². The molecule has 2 atom stereocenters. The number of fused-ring (bicyclic) bond motifs is 3. The second-order valence-corrected chi connectivity index (χ2v) is 17.0. The molecule has 2 saturated heterocycles. The van der Waals surface area contributed by atoms with Crippen LogP contribution in [0.5, 0.6) is 0 Å². The highest BCUT2D eigenvalue weighted by Gasteiger charge is 2.40. The highest BCUT2D eigenvalue weighted by atomic mass is 32.2. The lowest BCUT2D eigenvalue weighted by molar-refractivity contribution is -0.141. The third-order valence-electron chi connectivity index (χ3n) is 9.76. The molecule has 5 rings (SSSR count). The number of ether oxygens (including phenoxy) is 1. The zero-order valence-corrected chi connectivity index (χ0v) is 33.7. The second kappa shape index (κ2) is 19.4. The summed E-state index contributed by atoms with van der Waals surface area (Å²) in [6.07, 6.45) is 3.26. The Bertz CT molecular complexity index is 1810. The van der Waals surface area contributed by atoms with Crippen LogP contribution in [-0.4, -0.2) is 104 Å². The number of esters is 1. The predicted molar refractivity (Wildman–Crippen MR) is 216 cm³/mol. The number of nitrogens with zero attached hydrogens (tertiary/aromatic N) is 2. The summed E-state index contributed by atoms with van der Waals surface area (Å²) in [5, 5.41) is 16.3. The van der Waals surface area contributed by atoms with Crippen LogP contribution in [0.1, 0.15) is 89.2 Å². The minimum atomic E-state index is -0.458. The number of nitrogens with one attached hydrogen (secondary N) is 2. The van der Waals surface area contributed by atoms with Crippen LogP contribution in [0, 0.1) is 0 Å². The average Bonchev–Trinajstić information content (AvgIpc) is 3.70. The van der Waals surface area contributed by atoms with E-state index in [-0.39, 0.29) is 80.8 Å². The number of likely N-dealkylation sites (tertiary alicyclic amines) is 2. The minimum absolute atomic E-state index is 0.0190. The van der Waals surface area contributed by atoms with E-state index in [4.69, 9.17) is 15.6 Å². The quantitative estimate of drug-likeness (QED) is 0.0659. The molecule has 2 fully saturated rings. The standard InChI is InChI=1S/C40H48N6O8S2/c1-23(41)6-4-16-55-33-20-37(50)45(39(33)52)14-12-35(48)43-26-8-10-28-29-11-9-27(19-31(29)32(30(28)18-26)22-54-25(3)47)44-36(49)13-15-46-38(51)21-34(40(46)53)56-17-5-7-24(2)42/h8-11,18-19,32-34,41-42H,4-7,12-17,20-22H2,1-3H3,(H,43,48)(H,44,49)/p+2.